The van der Waals surface area contributed by atoms with Crippen LogP contribution in [0.3, 0.4) is 0 Å². The van der Waals surface area contributed by atoms with Crippen LogP contribution in [0.25, 0.3) is 11.1 Å². The minimum atomic E-state index is -0.853. The molecule has 2 heterocycles. The predicted octanol–water partition coefficient (Wildman–Crippen LogP) is 5.22. The van der Waals surface area contributed by atoms with Gasteiger partial charge in [-0.1, -0.05) is 17.7 Å². The van der Waals surface area contributed by atoms with Crippen LogP contribution in [-0.4, -0.2) is 23.3 Å². The Morgan fingerprint density at radius 1 is 1.16 bits per heavy atom. The highest BCUT2D eigenvalue weighted by molar-refractivity contribution is 6.30. The number of amides is 2. The highest BCUT2D eigenvalue weighted by Gasteiger charge is 2.35. The molecule has 1 aliphatic rings. The standard InChI is InChI=1S/C23H17ClF3N3O2/c1-11-7-19-21(22(27)28-11)15-5-3-13(25)8-16(15)12(2)23(32)30(19)10-20(31)29-14-4-6-17(24)18(26)9-14/h3-9,12H,10H2,1-2H3,(H,29,31). The topological polar surface area (TPSA) is 62.3 Å². The zero-order chi connectivity index (χ0) is 23.2. The van der Waals surface area contributed by atoms with Crippen LogP contribution in [0.15, 0.2) is 42.5 Å². The Morgan fingerprint density at radius 3 is 2.62 bits per heavy atom. The second-order valence-electron chi connectivity index (χ2n) is 7.50. The molecule has 0 spiro atoms. The third kappa shape index (κ3) is 3.93. The van der Waals surface area contributed by atoms with Gasteiger partial charge < -0.3 is 10.2 Å². The number of aryl methyl sites for hydroxylation is 1. The molecule has 2 aromatic carbocycles. The Kier molecular flexibility index (Phi) is 5.64. The number of aromatic nitrogens is 1. The number of rotatable bonds is 3. The summed E-state index contributed by atoms with van der Waals surface area (Å²) >= 11 is 5.66. The fourth-order valence-corrected chi connectivity index (χ4v) is 3.88. The molecule has 0 fully saturated rings. The summed E-state index contributed by atoms with van der Waals surface area (Å²) in [6.45, 7) is 2.65. The zero-order valence-electron chi connectivity index (χ0n) is 17.0. The second kappa shape index (κ2) is 8.27. The first-order chi connectivity index (χ1) is 15.2. The molecule has 0 saturated carbocycles. The maximum absolute atomic E-state index is 15.0. The number of benzene rings is 2. The smallest absolute Gasteiger partial charge is 0.244 e. The second-order valence-corrected chi connectivity index (χ2v) is 7.91. The molecule has 1 N–H and O–H groups in total. The largest absolute Gasteiger partial charge is 0.324 e. The number of pyridine rings is 1. The van der Waals surface area contributed by atoms with Gasteiger partial charge in [-0.15, -0.1) is 0 Å². The monoisotopic (exact) mass is 459 g/mol. The Bertz CT molecular complexity index is 1270. The summed E-state index contributed by atoms with van der Waals surface area (Å²) in [6.07, 6.45) is 0. The molecule has 0 bridgehead atoms. The minimum Gasteiger partial charge on any atom is -0.324 e. The third-order valence-corrected chi connectivity index (χ3v) is 5.57. The maximum Gasteiger partial charge on any atom is 0.244 e. The average molecular weight is 460 g/mol. The van der Waals surface area contributed by atoms with Crippen molar-refractivity contribution in [2.75, 3.05) is 16.8 Å². The van der Waals surface area contributed by atoms with Crippen LogP contribution in [-0.2, 0) is 9.59 Å². The van der Waals surface area contributed by atoms with E-state index >= 15 is 0 Å². The van der Waals surface area contributed by atoms with E-state index in [9.17, 15) is 22.8 Å². The van der Waals surface area contributed by atoms with Gasteiger partial charge in [0.1, 0.15) is 18.2 Å². The van der Waals surface area contributed by atoms with Crippen molar-refractivity contribution in [3.05, 3.63) is 76.3 Å². The quantitative estimate of drug-likeness (QED) is 0.546. The van der Waals surface area contributed by atoms with Crippen LogP contribution in [0.2, 0.25) is 5.02 Å². The molecule has 0 aliphatic carbocycles. The molecule has 1 aliphatic heterocycles. The maximum atomic E-state index is 15.0. The summed E-state index contributed by atoms with van der Waals surface area (Å²) in [5, 5.41) is 2.40. The fraction of sp³-hybridized carbons (Fsp3) is 0.174. The molecule has 1 atom stereocenters. The molecule has 1 unspecified atom stereocenters. The van der Waals surface area contributed by atoms with Gasteiger partial charge >= 0.3 is 0 Å². The van der Waals surface area contributed by atoms with Gasteiger partial charge in [0.2, 0.25) is 17.8 Å². The van der Waals surface area contributed by atoms with E-state index in [-0.39, 0.29) is 22.0 Å². The predicted molar refractivity (Wildman–Crippen MR) is 115 cm³/mol. The first kappa shape index (κ1) is 21.8. The van der Waals surface area contributed by atoms with E-state index in [4.69, 9.17) is 11.6 Å². The van der Waals surface area contributed by atoms with E-state index in [1.807, 2.05) is 0 Å². The lowest BCUT2D eigenvalue weighted by Gasteiger charge is -2.24. The van der Waals surface area contributed by atoms with Gasteiger partial charge in [-0.3, -0.25) is 9.59 Å². The van der Waals surface area contributed by atoms with Crippen molar-refractivity contribution >= 4 is 34.8 Å². The summed E-state index contributed by atoms with van der Waals surface area (Å²) in [5.41, 5.74) is 1.23. The van der Waals surface area contributed by atoms with Crippen molar-refractivity contribution in [3.8, 4) is 11.1 Å². The zero-order valence-corrected chi connectivity index (χ0v) is 17.8. The Morgan fingerprint density at radius 2 is 1.91 bits per heavy atom. The molecule has 32 heavy (non-hydrogen) atoms. The summed E-state index contributed by atoms with van der Waals surface area (Å²) < 4.78 is 42.6. The fourth-order valence-electron chi connectivity index (χ4n) is 3.77. The molecule has 4 rings (SSSR count). The van der Waals surface area contributed by atoms with E-state index < -0.39 is 41.9 Å². The summed E-state index contributed by atoms with van der Waals surface area (Å²) in [7, 11) is 0. The lowest BCUT2D eigenvalue weighted by Crippen LogP contribution is -2.40. The van der Waals surface area contributed by atoms with Crippen LogP contribution < -0.4 is 10.2 Å². The van der Waals surface area contributed by atoms with Crippen LogP contribution in [0.4, 0.5) is 24.5 Å². The van der Waals surface area contributed by atoms with Gasteiger partial charge in [0.25, 0.3) is 0 Å². The number of anilines is 2. The number of halogens is 4. The number of nitrogens with zero attached hydrogens (tertiary/aromatic N) is 2. The lowest BCUT2D eigenvalue weighted by molar-refractivity contribution is -0.122. The molecule has 0 saturated heterocycles. The molecule has 3 aromatic rings. The first-order valence-corrected chi connectivity index (χ1v) is 10.1. The lowest BCUT2D eigenvalue weighted by atomic mass is 9.92. The van der Waals surface area contributed by atoms with Crippen molar-refractivity contribution in [1.29, 1.82) is 0 Å². The van der Waals surface area contributed by atoms with Gasteiger partial charge in [-0.05, 0) is 61.4 Å². The van der Waals surface area contributed by atoms with Gasteiger partial charge in [-0.2, -0.15) is 4.39 Å². The van der Waals surface area contributed by atoms with Gasteiger partial charge in [0, 0.05) is 11.4 Å². The van der Waals surface area contributed by atoms with Gasteiger partial charge in [0.05, 0.1) is 22.2 Å². The Balaban J connectivity index is 1.77. The molecule has 164 valence electrons. The number of nitrogens with one attached hydrogen (secondary N) is 1. The molecular weight excluding hydrogens is 443 g/mol. The van der Waals surface area contributed by atoms with E-state index in [0.717, 1.165) is 11.0 Å². The molecular formula is C23H17ClF3N3O2. The highest BCUT2D eigenvalue weighted by atomic mass is 35.5. The molecule has 1 aromatic heterocycles. The van der Waals surface area contributed by atoms with E-state index in [1.54, 1.807) is 13.8 Å². The summed E-state index contributed by atoms with van der Waals surface area (Å²) in [6, 6.07) is 9.00. The van der Waals surface area contributed by atoms with E-state index in [2.05, 4.69) is 10.3 Å². The number of fused-ring (bicyclic) bond motifs is 3. The van der Waals surface area contributed by atoms with Crippen LogP contribution in [0.5, 0.6) is 0 Å². The number of hydrogen-bond donors (Lipinski definition) is 1. The highest BCUT2D eigenvalue weighted by Crippen LogP contribution is 2.42. The van der Waals surface area contributed by atoms with Crippen molar-refractivity contribution in [2.24, 2.45) is 0 Å². The van der Waals surface area contributed by atoms with E-state index in [0.29, 0.717) is 16.8 Å². The van der Waals surface area contributed by atoms with Crippen molar-refractivity contribution in [1.82, 2.24) is 4.98 Å². The third-order valence-electron chi connectivity index (χ3n) is 5.26. The van der Waals surface area contributed by atoms with Crippen LogP contribution in [0, 0.1) is 24.5 Å². The number of carbonyl (C=O) groups is 2. The average Bonchev–Trinajstić information content (AvgIpc) is 2.80. The molecule has 0 radical (unpaired) electrons. The van der Waals surface area contributed by atoms with Gasteiger partial charge in [-0.25, -0.2) is 13.8 Å². The molecule has 2 amide bonds. The van der Waals surface area contributed by atoms with Crippen molar-refractivity contribution in [2.45, 2.75) is 19.8 Å². The van der Waals surface area contributed by atoms with Gasteiger partial charge in [0.15, 0.2) is 0 Å². The summed E-state index contributed by atoms with van der Waals surface area (Å²) in [5.74, 6) is -4.12. The Labute approximate surface area is 186 Å². The number of carbonyl (C=O) groups excluding carboxylic acids is 2. The normalized spacial score (nSPS) is 15.1. The number of hydrogen-bond acceptors (Lipinski definition) is 3. The SMILES string of the molecule is Cc1cc2c(c(F)n1)-c1ccc(F)cc1C(C)C(=O)N2CC(=O)Nc1ccc(Cl)c(F)c1. The van der Waals surface area contributed by atoms with Crippen LogP contribution >= 0.6 is 11.6 Å². The van der Waals surface area contributed by atoms with Crippen LogP contribution in [0.1, 0.15) is 24.1 Å². The molecule has 5 nitrogen and oxygen atoms in total. The minimum absolute atomic E-state index is 0.00800. The molecule has 9 heteroatoms. The summed E-state index contributed by atoms with van der Waals surface area (Å²) in [4.78, 5) is 31.0. The Hall–Kier alpha value is -3.39. The van der Waals surface area contributed by atoms with Crippen molar-refractivity contribution < 1.29 is 22.8 Å². The van der Waals surface area contributed by atoms with E-state index in [1.165, 1.54) is 36.4 Å². The first-order valence-electron chi connectivity index (χ1n) is 9.69. The van der Waals surface area contributed by atoms with Crippen molar-refractivity contribution in [3.63, 3.8) is 0 Å².